The fraction of sp³-hybridized carbons (Fsp3) is 0.294. The van der Waals surface area contributed by atoms with Crippen molar-refractivity contribution in [2.75, 3.05) is 18.0 Å². The van der Waals surface area contributed by atoms with Crippen molar-refractivity contribution in [1.29, 1.82) is 0 Å². The molecule has 0 bridgehead atoms. The molecule has 0 radical (unpaired) electrons. The van der Waals surface area contributed by atoms with E-state index >= 15 is 0 Å². The van der Waals surface area contributed by atoms with Crippen LogP contribution in [0, 0.1) is 10.1 Å². The van der Waals surface area contributed by atoms with Crippen molar-refractivity contribution in [2.45, 2.75) is 18.9 Å². The second kappa shape index (κ2) is 6.87. The van der Waals surface area contributed by atoms with Crippen LogP contribution in [-0.2, 0) is 0 Å². The first-order chi connectivity index (χ1) is 11.1. The van der Waals surface area contributed by atoms with Crippen LogP contribution in [0.2, 0.25) is 5.02 Å². The van der Waals surface area contributed by atoms with Gasteiger partial charge in [0.15, 0.2) is 0 Å². The molecule has 0 aromatic heterocycles. The molecule has 3 rings (SSSR count). The number of para-hydroxylation sites is 1. The van der Waals surface area contributed by atoms with Crippen LogP contribution in [0.4, 0.5) is 11.4 Å². The van der Waals surface area contributed by atoms with E-state index in [1.54, 1.807) is 6.07 Å². The summed E-state index contributed by atoms with van der Waals surface area (Å²) in [4.78, 5) is 12.6. The lowest BCUT2D eigenvalue weighted by Gasteiger charge is -2.34. The third-order valence-corrected chi connectivity index (χ3v) is 4.21. The molecule has 1 aliphatic rings. The lowest BCUT2D eigenvalue weighted by molar-refractivity contribution is -0.384. The first-order valence-corrected chi connectivity index (χ1v) is 7.92. The van der Waals surface area contributed by atoms with Crippen LogP contribution in [0.1, 0.15) is 12.8 Å². The maximum absolute atomic E-state index is 10.8. The molecule has 0 unspecified atom stereocenters. The van der Waals surface area contributed by atoms with Crippen molar-refractivity contribution in [3.05, 3.63) is 63.7 Å². The van der Waals surface area contributed by atoms with Gasteiger partial charge in [0.1, 0.15) is 11.9 Å². The van der Waals surface area contributed by atoms with Gasteiger partial charge in [-0.2, -0.15) is 0 Å². The zero-order valence-corrected chi connectivity index (χ0v) is 13.3. The van der Waals surface area contributed by atoms with Gasteiger partial charge in [-0.1, -0.05) is 29.8 Å². The molecule has 1 fully saturated rings. The summed E-state index contributed by atoms with van der Waals surface area (Å²) in [6.07, 6.45) is 1.99. The Morgan fingerprint density at radius 1 is 1.22 bits per heavy atom. The molecule has 0 aliphatic carbocycles. The van der Waals surface area contributed by atoms with Gasteiger partial charge in [0, 0.05) is 24.4 Å². The maximum atomic E-state index is 10.8. The minimum Gasteiger partial charge on any atom is -0.487 e. The summed E-state index contributed by atoms with van der Waals surface area (Å²) in [5, 5.41) is 11.0. The first-order valence-electron chi connectivity index (χ1n) is 7.54. The van der Waals surface area contributed by atoms with Gasteiger partial charge in [-0.3, -0.25) is 10.1 Å². The van der Waals surface area contributed by atoms with Crippen LogP contribution < -0.4 is 9.64 Å². The van der Waals surface area contributed by atoms with Crippen LogP contribution in [0.15, 0.2) is 48.5 Å². The SMILES string of the molecule is O=[N+]([O-])c1ccc(O[C@H]2CCCN(c3ccccc3)C2)c(Cl)c1. The molecule has 0 saturated carbocycles. The van der Waals surface area contributed by atoms with Gasteiger partial charge in [-0.05, 0) is 31.0 Å². The Bertz CT molecular complexity index is 693. The highest BCUT2D eigenvalue weighted by molar-refractivity contribution is 6.32. The van der Waals surface area contributed by atoms with Gasteiger partial charge < -0.3 is 9.64 Å². The van der Waals surface area contributed by atoms with Crippen molar-refractivity contribution in [2.24, 2.45) is 0 Å². The molecule has 1 saturated heterocycles. The predicted octanol–water partition coefficient (Wildman–Crippen LogP) is 4.30. The molecule has 120 valence electrons. The Balaban J connectivity index is 1.69. The number of non-ortho nitro benzene ring substituents is 1. The highest BCUT2D eigenvalue weighted by Gasteiger charge is 2.22. The van der Waals surface area contributed by atoms with Crippen LogP contribution in [0.25, 0.3) is 0 Å². The van der Waals surface area contributed by atoms with E-state index in [9.17, 15) is 10.1 Å². The zero-order chi connectivity index (χ0) is 16.2. The molecule has 1 atom stereocenters. The van der Waals surface area contributed by atoms with E-state index in [2.05, 4.69) is 17.0 Å². The lowest BCUT2D eigenvalue weighted by Crippen LogP contribution is -2.41. The summed E-state index contributed by atoms with van der Waals surface area (Å²) < 4.78 is 5.98. The van der Waals surface area contributed by atoms with Crippen molar-refractivity contribution < 1.29 is 9.66 Å². The van der Waals surface area contributed by atoms with E-state index in [0.717, 1.165) is 25.9 Å². The number of nitrogens with zero attached hydrogens (tertiary/aromatic N) is 2. The Morgan fingerprint density at radius 2 is 2.00 bits per heavy atom. The smallest absolute Gasteiger partial charge is 0.271 e. The molecule has 6 heteroatoms. The van der Waals surface area contributed by atoms with E-state index < -0.39 is 4.92 Å². The summed E-state index contributed by atoms with van der Waals surface area (Å²) in [5.74, 6) is 0.497. The number of hydrogen-bond donors (Lipinski definition) is 0. The minimum atomic E-state index is -0.465. The van der Waals surface area contributed by atoms with E-state index in [-0.39, 0.29) is 16.8 Å². The van der Waals surface area contributed by atoms with Crippen molar-refractivity contribution in [3.63, 3.8) is 0 Å². The van der Waals surface area contributed by atoms with E-state index in [0.29, 0.717) is 5.75 Å². The van der Waals surface area contributed by atoms with Crippen LogP contribution in [0.3, 0.4) is 0 Å². The van der Waals surface area contributed by atoms with Crippen LogP contribution >= 0.6 is 11.6 Å². The zero-order valence-electron chi connectivity index (χ0n) is 12.5. The van der Waals surface area contributed by atoms with Gasteiger partial charge in [0.25, 0.3) is 5.69 Å². The first kappa shape index (κ1) is 15.6. The largest absolute Gasteiger partial charge is 0.487 e. The van der Waals surface area contributed by atoms with E-state index in [1.165, 1.54) is 17.8 Å². The highest BCUT2D eigenvalue weighted by Crippen LogP contribution is 2.31. The van der Waals surface area contributed by atoms with Gasteiger partial charge in [-0.25, -0.2) is 0 Å². The number of nitro groups is 1. The molecular weight excluding hydrogens is 316 g/mol. The topological polar surface area (TPSA) is 55.6 Å². The average Bonchev–Trinajstić information content (AvgIpc) is 2.57. The summed E-state index contributed by atoms with van der Waals surface area (Å²) >= 11 is 6.10. The van der Waals surface area contributed by atoms with Crippen LogP contribution in [0.5, 0.6) is 5.75 Å². The number of hydrogen-bond acceptors (Lipinski definition) is 4. The summed E-state index contributed by atoms with van der Waals surface area (Å²) in [6, 6.07) is 14.5. The predicted molar refractivity (Wildman–Crippen MR) is 90.4 cm³/mol. The van der Waals surface area contributed by atoms with Crippen LogP contribution in [-0.4, -0.2) is 24.1 Å². The molecule has 23 heavy (non-hydrogen) atoms. The summed E-state index contributed by atoms with van der Waals surface area (Å²) in [7, 11) is 0. The number of piperidine rings is 1. The number of benzene rings is 2. The maximum Gasteiger partial charge on any atom is 0.271 e. The Kier molecular flexibility index (Phi) is 4.67. The van der Waals surface area contributed by atoms with E-state index in [4.69, 9.17) is 16.3 Å². The molecule has 0 spiro atoms. The molecule has 0 N–H and O–H groups in total. The third-order valence-electron chi connectivity index (χ3n) is 3.92. The fourth-order valence-corrected chi connectivity index (χ4v) is 3.01. The molecular formula is C17H17ClN2O3. The average molecular weight is 333 g/mol. The summed E-state index contributed by atoms with van der Waals surface area (Å²) in [6.45, 7) is 1.77. The molecule has 1 aliphatic heterocycles. The Hall–Kier alpha value is -2.27. The number of nitro benzene ring substituents is 1. The molecule has 2 aromatic carbocycles. The lowest BCUT2D eigenvalue weighted by atomic mass is 10.1. The van der Waals surface area contributed by atoms with Gasteiger partial charge in [0.05, 0.1) is 16.5 Å². The third kappa shape index (κ3) is 3.74. The van der Waals surface area contributed by atoms with Gasteiger partial charge in [-0.15, -0.1) is 0 Å². The monoisotopic (exact) mass is 332 g/mol. The highest BCUT2D eigenvalue weighted by atomic mass is 35.5. The van der Waals surface area contributed by atoms with Crippen molar-refractivity contribution in [3.8, 4) is 5.75 Å². The quantitative estimate of drug-likeness (QED) is 0.619. The standard InChI is InChI=1S/C17H17ClN2O3/c18-16-11-14(20(21)22)8-9-17(16)23-15-7-4-10-19(12-15)13-5-2-1-3-6-13/h1-3,5-6,8-9,11,15H,4,7,10,12H2/t15-/m0/s1. The Labute approximate surface area is 139 Å². The normalized spacial score (nSPS) is 17.8. The fourth-order valence-electron chi connectivity index (χ4n) is 2.79. The molecule has 2 aromatic rings. The number of anilines is 1. The molecule has 5 nitrogen and oxygen atoms in total. The molecule has 0 amide bonds. The van der Waals surface area contributed by atoms with Gasteiger partial charge in [0.2, 0.25) is 0 Å². The number of ether oxygens (including phenoxy) is 1. The second-order valence-electron chi connectivity index (χ2n) is 5.54. The summed E-state index contributed by atoms with van der Waals surface area (Å²) in [5.41, 5.74) is 1.15. The van der Waals surface area contributed by atoms with Gasteiger partial charge >= 0.3 is 0 Å². The minimum absolute atomic E-state index is 0.0166. The van der Waals surface area contributed by atoms with E-state index in [1.807, 2.05) is 18.2 Å². The molecule has 1 heterocycles. The Morgan fingerprint density at radius 3 is 2.70 bits per heavy atom. The number of rotatable bonds is 4. The van der Waals surface area contributed by atoms with Crippen molar-refractivity contribution >= 4 is 23.0 Å². The second-order valence-corrected chi connectivity index (χ2v) is 5.94. The van der Waals surface area contributed by atoms with Crippen molar-refractivity contribution in [1.82, 2.24) is 0 Å². The number of halogens is 1.